The third-order valence-corrected chi connectivity index (χ3v) is 5.07. The van der Waals surface area contributed by atoms with Gasteiger partial charge in [0.05, 0.1) is 17.6 Å². The largest absolute Gasteiger partial charge is 0.366 e. The molecule has 0 fully saturated rings. The van der Waals surface area contributed by atoms with Crippen LogP contribution >= 0.6 is 11.3 Å². The molecule has 0 bridgehead atoms. The molecule has 1 heterocycles. The van der Waals surface area contributed by atoms with E-state index < -0.39 is 11.9 Å². The maximum absolute atomic E-state index is 12.7. The van der Waals surface area contributed by atoms with Crippen LogP contribution in [0.2, 0.25) is 0 Å². The lowest BCUT2D eigenvalue weighted by molar-refractivity contribution is -0.117. The van der Waals surface area contributed by atoms with E-state index in [1.807, 2.05) is 60.7 Å². The number of hydrogen-bond acceptors (Lipinski definition) is 4. The van der Waals surface area contributed by atoms with Crippen LogP contribution < -0.4 is 16.4 Å². The molecule has 3 aromatic rings. The van der Waals surface area contributed by atoms with E-state index in [1.54, 1.807) is 18.4 Å². The molecule has 27 heavy (non-hydrogen) atoms. The highest BCUT2D eigenvalue weighted by atomic mass is 32.1. The van der Waals surface area contributed by atoms with E-state index in [-0.39, 0.29) is 11.9 Å². The second-order valence-corrected chi connectivity index (χ2v) is 7.08. The van der Waals surface area contributed by atoms with Crippen LogP contribution in [0.25, 0.3) is 0 Å². The number of thiophene rings is 1. The van der Waals surface area contributed by atoms with Crippen LogP contribution in [0.1, 0.15) is 34.5 Å². The topological polar surface area (TPSA) is 84.2 Å². The van der Waals surface area contributed by atoms with Crippen molar-refractivity contribution in [2.75, 3.05) is 5.32 Å². The van der Waals surface area contributed by atoms with E-state index in [9.17, 15) is 9.59 Å². The number of carbonyl (C=O) groups is 2. The van der Waals surface area contributed by atoms with E-state index in [0.29, 0.717) is 10.6 Å². The van der Waals surface area contributed by atoms with Crippen LogP contribution in [0.5, 0.6) is 0 Å². The zero-order chi connectivity index (χ0) is 19.2. The highest BCUT2D eigenvalue weighted by Gasteiger charge is 2.22. The average Bonchev–Trinajstić information content (AvgIpc) is 3.15. The third-order valence-electron chi connectivity index (χ3n) is 4.24. The normalized spacial score (nSPS) is 11.9. The fourth-order valence-corrected chi connectivity index (χ4v) is 3.62. The quantitative estimate of drug-likeness (QED) is 0.587. The predicted molar refractivity (Wildman–Crippen MR) is 109 cm³/mol. The maximum Gasteiger partial charge on any atom is 0.251 e. The van der Waals surface area contributed by atoms with Gasteiger partial charge in [0, 0.05) is 0 Å². The highest BCUT2D eigenvalue weighted by molar-refractivity contribution is 7.14. The van der Waals surface area contributed by atoms with Gasteiger partial charge in [0.25, 0.3) is 5.91 Å². The van der Waals surface area contributed by atoms with Crippen molar-refractivity contribution in [1.82, 2.24) is 5.32 Å². The lowest BCUT2D eigenvalue weighted by atomic mass is 9.98. The third kappa shape index (κ3) is 4.61. The van der Waals surface area contributed by atoms with Crippen molar-refractivity contribution in [2.24, 2.45) is 5.73 Å². The molecule has 5 nitrogen and oxygen atoms in total. The van der Waals surface area contributed by atoms with Gasteiger partial charge < -0.3 is 11.1 Å². The number of anilines is 1. The Labute approximate surface area is 162 Å². The molecule has 1 atom stereocenters. The summed E-state index contributed by atoms with van der Waals surface area (Å²) in [7, 11) is 0. The lowest BCUT2D eigenvalue weighted by Crippen LogP contribution is -2.40. The molecule has 0 unspecified atom stereocenters. The molecule has 0 saturated heterocycles. The molecule has 138 valence electrons. The summed E-state index contributed by atoms with van der Waals surface area (Å²) in [5.74, 6) is -0.782. The van der Waals surface area contributed by atoms with Crippen molar-refractivity contribution in [2.45, 2.75) is 19.0 Å². The molecule has 3 rings (SSSR count). The first-order valence-electron chi connectivity index (χ1n) is 8.60. The summed E-state index contributed by atoms with van der Waals surface area (Å²) in [5, 5.41) is 8.38. The minimum atomic E-state index is -0.557. The van der Waals surface area contributed by atoms with Crippen molar-refractivity contribution in [3.63, 3.8) is 0 Å². The van der Waals surface area contributed by atoms with Gasteiger partial charge in [0.2, 0.25) is 5.91 Å². The first-order valence-corrected chi connectivity index (χ1v) is 9.48. The Bertz CT molecular complexity index is 870. The lowest BCUT2D eigenvalue weighted by Gasteiger charge is -2.24. The summed E-state index contributed by atoms with van der Waals surface area (Å²) < 4.78 is 0. The zero-order valence-electron chi connectivity index (χ0n) is 14.9. The summed E-state index contributed by atoms with van der Waals surface area (Å²) >= 11 is 1.27. The van der Waals surface area contributed by atoms with Crippen LogP contribution in [0.3, 0.4) is 0 Å². The molecule has 0 aliphatic heterocycles. The molecular weight excluding hydrogens is 358 g/mol. The Morgan fingerprint density at radius 2 is 1.48 bits per heavy atom. The molecule has 0 aliphatic rings. The van der Waals surface area contributed by atoms with Gasteiger partial charge in [-0.05, 0) is 29.5 Å². The summed E-state index contributed by atoms with van der Waals surface area (Å²) in [4.78, 5) is 24.1. The van der Waals surface area contributed by atoms with Gasteiger partial charge in [0.1, 0.15) is 5.00 Å². The van der Waals surface area contributed by atoms with Crippen LogP contribution in [0.4, 0.5) is 5.00 Å². The SMILES string of the molecule is C[C@@H](NC(c1ccccc1)c1ccccc1)C(=O)Nc1sccc1C(N)=O. The van der Waals surface area contributed by atoms with Crippen LogP contribution in [0, 0.1) is 0 Å². The summed E-state index contributed by atoms with van der Waals surface area (Å²) in [6.07, 6.45) is 0. The zero-order valence-corrected chi connectivity index (χ0v) is 15.7. The van der Waals surface area contributed by atoms with Gasteiger partial charge >= 0.3 is 0 Å². The standard InChI is InChI=1S/C21H21N3O2S/c1-14(20(26)24-21-17(19(22)25)12-13-27-21)23-18(15-8-4-2-5-9-15)16-10-6-3-7-11-16/h2-14,18,23H,1H3,(H2,22,25)(H,24,26)/t14-/m1/s1. The summed E-state index contributed by atoms with van der Waals surface area (Å²) in [5.41, 5.74) is 7.80. The van der Waals surface area contributed by atoms with Gasteiger partial charge in [-0.2, -0.15) is 0 Å². The van der Waals surface area contributed by atoms with E-state index in [1.165, 1.54) is 11.3 Å². The van der Waals surface area contributed by atoms with E-state index in [0.717, 1.165) is 11.1 Å². The number of benzene rings is 2. The van der Waals surface area contributed by atoms with Gasteiger partial charge in [0.15, 0.2) is 0 Å². The maximum atomic E-state index is 12.7. The Morgan fingerprint density at radius 1 is 0.926 bits per heavy atom. The first-order chi connectivity index (χ1) is 13.1. The Morgan fingerprint density at radius 3 is 2.00 bits per heavy atom. The molecule has 4 N–H and O–H groups in total. The average molecular weight is 379 g/mol. The fourth-order valence-electron chi connectivity index (χ4n) is 2.82. The Balaban J connectivity index is 1.78. The highest BCUT2D eigenvalue weighted by Crippen LogP contribution is 2.24. The second-order valence-electron chi connectivity index (χ2n) is 6.16. The van der Waals surface area contributed by atoms with Crippen molar-refractivity contribution in [3.8, 4) is 0 Å². The Kier molecular flexibility index (Phi) is 6.01. The molecule has 1 aromatic heterocycles. The van der Waals surface area contributed by atoms with Crippen LogP contribution in [0.15, 0.2) is 72.1 Å². The second kappa shape index (κ2) is 8.62. The van der Waals surface area contributed by atoms with Crippen molar-refractivity contribution < 1.29 is 9.59 Å². The molecule has 0 radical (unpaired) electrons. The monoisotopic (exact) mass is 379 g/mol. The number of primary amides is 1. The number of amides is 2. The molecule has 0 spiro atoms. The Hall–Kier alpha value is -2.96. The van der Waals surface area contributed by atoms with Crippen LogP contribution in [-0.2, 0) is 4.79 Å². The first kappa shape index (κ1) is 18.8. The van der Waals surface area contributed by atoms with Gasteiger partial charge in [-0.15, -0.1) is 11.3 Å². The van der Waals surface area contributed by atoms with Crippen molar-refractivity contribution in [3.05, 3.63) is 88.8 Å². The number of hydrogen-bond donors (Lipinski definition) is 3. The minimum Gasteiger partial charge on any atom is -0.366 e. The predicted octanol–water partition coefficient (Wildman–Crippen LogP) is 3.55. The minimum absolute atomic E-state index is 0.132. The van der Waals surface area contributed by atoms with Crippen LogP contribution in [-0.4, -0.2) is 17.9 Å². The molecule has 2 amide bonds. The van der Waals surface area contributed by atoms with Gasteiger partial charge in [-0.1, -0.05) is 60.7 Å². The summed E-state index contributed by atoms with van der Waals surface area (Å²) in [6, 6.07) is 20.9. The summed E-state index contributed by atoms with van der Waals surface area (Å²) in [6.45, 7) is 1.80. The van der Waals surface area contributed by atoms with E-state index >= 15 is 0 Å². The number of carbonyl (C=O) groups excluding carboxylic acids is 2. The molecule has 6 heteroatoms. The number of nitrogens with two attached hydrogens (primary N) is 1. The van der Waals surface area contributed by atoms with Crippen molar-refractivity contribution >= 4 is 28.2 Å². The van der Waals surface area contributed by atoms with Gasteiger partial charge in [-0.3, -0.25) is 14.9 Å². The molecular formula is C21H21N3O2S. The number of nitrogens with one attached hydrogen (secondary N) is 2. The van der Waals surface area contributed by atoms with Crippen molar-refractivity contribution in [1.29, 1.82) is 0 Å². The molecule has 0 aliphatic carbocycles. The molecule has 2 aromatic carbocycles. The van der Waals surface area contributed by atoms with E-state index in [4.69, 9.17) is 5.73 Å². The number of rotatable bonds is 7. The van der Waals surface area contributed by atoms with E-state index in [2.05, 4.69) is 10.6 Å². The van der Waals surface area contributed by atoms with Gasteiger partial charge in [-0.25, -0.2) is 0 Å². The fraction of sp³-hybridized carbons (Fsp3) is 0.143. The smallest absolute Gasteiger partial charge is 0.251 e. The molecule has 0 saturated carbocycles.